The third-order valence-electron chi connectivity index (χ3n) is 4.87. The Hall–Kier alpha value is -2.21. The Bertz CT molecular complexity index is 767. The number of carbonyl (C=O) groups is 1. The molecule has 1 aromatic heterocycles. The standard InChI is InChI=1S/C19H25FN4O/c1-13-8-14(2)24(21-13)18-11-23(12-18)15(3)19(25)22(4)10-16-6-5-7-17(20)9-16/h5-9,15,18H,10-12H2,1-4H3. The largest absolute Gasteiger partial charge is 0.340 e. The fraction of sp³-hybridized carbons (Fsp3) is 0.474. The zero-order valence-electron chi connectivity index (χ0n) is 15.2. The number of hydrogen-bond acceptors (Lipinski definition) is 3. The molecule has 0 spiro atoms. The first-order chi connectivity index (χ1) is 11.8. The van der Waals surface area contributed by atoms with Gasteiger partial charge in [-0.25, -0.2) is 4.39 Å². The number of aryl methyl sites for hydroxylation is 2. The van der Waals surface area contributed by atoms with E-state index in [0.717, 1.165) is 30.0 Å². The quantitative estimate of drug-likeness (QED) is 0.837. The summed E-state index contributed by atoms with van der Waals surface area (Å²) in [5, 5.41) is 4.53. The van der Waals surface area contributed by atoms with Gasteiger partial charge in [0.15, 0.2) is 0 Å². The number of amides is 1. The number of rotatable bonds is 5. The number of hydrogen-bond donors (Lipinski definition) is 0. The molecule has 6 heteroatoms. The monoisotopic (exact) mass is 344 g/mol. The van der Waals surface area contributed by atoms with Gasteiger partial charge in [-0.1, -0.05) is 12.1 Å². The number of likely N-dealkylation sites (tertiary alicyclic amines) is 1. The summed E-state index contributed by atoms with van der Waals surface area (Å²) in [6.07, 6.45) is 0. The molecule has 5 nitrogen and oxygen atoms in total. The smallest absolute Gasteiger partial charge is 0.239 e. The summed E-state index contributed by atoms with van der Waals surface area (Å²) in [5.74, 6) is -0.224. The number of carbonyl (C=O) groups excluding carboxylic acids is 1. The van der Waals surface area contributed by atoms with Crippen molar-refractivity contribution < 1.29 is 9.18 Å². The average molecular weight is 344 g/mol. The Balaban J connectivity index is 1.55. The number of benzene rings is 1. The molecule has 134 valence electrons. The van der Waals surface area contributed by atoms with E-state index in [1.807, 2.05) is 19.9 Å². The summed E-state index contributed by atoms with van der Waals surface area (Å²) in [5.41, 5.74) is 2.98. The van der Waals surface area contributed by atoms with Crippen LogP contribution in [-0.2, 0) is 11.3 Å². The second kappa shape index (κ2) is 6.96. The molecule has 0 bridgehead atoms. The van der Waals surface area contributed by atoms with Crippen LogP contribution in [-0.4, -0.2) is 51.7 Å². The number of likely N-dealkylation sites (N-methyl/N-ethyl adjacent to an activating group) is 1. The number of halogens is 1. The van der Waals surface area contributed by atoms with Gasteiger partial charge in [-0.15, -0.1) is 0 Å². The van der Waals surface area contributed by atoms with Gasteiger partial charge >= 0.3 is 0 Å². The van der Waals surface area contributed by atoms with Crippen molar-refractivity contribution >= 4 is 5.91 Å². The molecule has 1 fully saturated rings. The van der Waals surface area contributed by atoms with Crippen molar-refractivity contribution in [2.75, 3.05) is 20.1 Å². The minimum Gasteiger partial charge on any atom is -0.340 e. The maximum atomic E-state index is 13.3. The minimum atomic E-state index is -0.276. The van der Waals surface area contributed by atoms with E-state index in [0.29, 0.717) is 12.6 Å². The van der Waals surface area contributed by atoms with Crippen LogP contribution in [0, 0.1) is 19.7 Å². The predicted octanol–water partition coefficient (Wildman–Crippen LogP) is 2.54. The summed E-state index contributed by atoms with van der Waals surface area (Å²) in [7, 11) is 1.77. The van der Waals surface area contributed by atoms with E-state index < -0.39 is 0 Å². The maximum absolute atomic E-state index is 13.3. The lowest BCUT2D eigenvalue weighted by Gasteiger charge is -2.43. The molecule has 25 heavy (non-hydrogen) atoms. The zero-order chi connectivity index (χ0) is 18.1. The lowest BCUT2D eigenvalue weighted by atomic mass is 10.0. The molecule has 0 N–H and O–H groups in total. The van der Waals surface area contributed by atoms with Crippen molar-refractivity contribution in [3.8, 4) is 0 Å². The summed E-state index contributed by atoms with van der Waals surface area (Å²) < 4.78 is 15.3. The molecule has 2 heterocycles. The lowest BCUT2D eigenvalue weighted by Crippen LogP contribution is -2.56. The van der Waals surface area contributed by atoms with Gasteiger partial charge in [-0.2, -0.15) is 5.10 Å². The summed E-state index contributed by atoms with van der Waals surface area (Å²) >= 11 is 0. The Morgan fingerprint density at radius 1 is 1.36 bits per heavy atom. The molecule has 0 aliphatic carbocycles. The normalized spacial score (nSPS) is 16.5. The molecule has 0 saturated carbocycles. The Labute approximate surface area is 148 Å². The summed E-state index contributed by atoms with van der Waals surface area (Å²) in [6.45, 7) is 8.04. The van der Waals surface area contributed by atoms with Crippen LogP contribution < -0.4 is 0 Å². The van der Waals surface area contributed by atoms with E-state index in [9.17, 15) is 9.18 Å². The maximum Gasteiger partial charge on any atom is 0.239 e. The number of aromatic nitrogens is 2. The Kier molecular flexibility index (Phi) is 4.90. The highest BCUT2D eigenvalue weighted by Gasteiger charge is 2.36. The lowest BCUT2D eigenvalue weighted by molar-refractivity contribution is -0.138. The van der Waals surface area contributed by atoms with Gasteiger partial charge in [0.1, 0.15) is 5.82 Å². The minimum absolute atomic E-state index is 0.0519. The summed E-state index contributed by atoms with van der Waals surface area (Å²) in [4.78, 5) is 16.5. The van der Waals surface area contributed by atoms with Gasteiger partial charge in [0.2, 0.25) is 5.91 Å². The van der Waals surface area contributed by atoms with E-state index in [1.165, 1.54) is 12.1 Å². The van der Waals surface area contributed by atoms with Crippen molar-refractivity contribution in [3.05, 3.63) is 53.1 Å². The van der Waals surface area contributed by atoms with E-state index in [2.05, 4.69) is 27.7 Å². The van der Waals surface area contributed by atoms with E-state index in [1.54, 1.807) is 18.0 Å². The molecule has 1 unspecified atom stereocenters. The molecule has 0 radical (unpaired) electrons. The summed E-state index contributed by atoms with van der Waals surface area (Å²) in [6, 6.07) is 8.60. The third-order valence-corrected chi connectivity index (χ3v) is 4.87. The second-order valence-corrected chi connectivity index (χ2v) is 6.98. The zero-order valence-corrected chi connectivity index (χ0v) is 15.2. The topological polar surface area (TPSA) is 41.4 Å². The first kappa shape index (κ1) is 17.6. The van der Waals surface area contributed by atoms with Crippen LogP contribution in [0.4, 0.5) is 4.39 Å². The highest BCUT2D eigenvalue weighted by Crippen LogP contribution is 2.25. The molecule has 1 aliphatic heterocycles. The van der Waals surface area contributed by atoms with Gasteiger partial charge in [0.25, 0.3) is 0 Å². The van der Waals surface area contributed by atoms with E-state index in [-0.39, 0.29) is 17.8 Å². The molecule has 1 amide bonds. The fourth-order valence-corrected chi connectivity index (χ4v) is 3.44. The van der Waals surface area contributed by atoms with Crippen LogP contribution >= 0.6 is 0 Å². The van der Waals surface area contributed by atoms with Crippen LogP contribution in [0.1, 0.15) is 29.9 Å². The van der Waals surface area contributed by atoms with Crippen molar-refractivity contribution in [2.45, 2.75) is 39.4 Å². The molecule has 1 saturated heterocycles. The third kappa shape index (κ3) is 3.74. The van der Waals surface area contributed by atoms with Gasteiger partial charge < -0.3 is 4.90 Å². The van der Waals surface area contributed by atoms with Crippen LogP contribution in [0.2, 0.25) is 0 Å². The SMILES string of the molecule is Cc1cc(C)n(C2CN(C(C)C(=O)N(C)Cc3cccc(F)c3)C2)n1. The van der Waals surface area contributed by atoms with Gasteiger partial charge in [-0.05, 0) is 44.5 Å². The second-order valence-electron chi connectivity index (χ2n) is 6.98. The van der Waals surface area contributed by atoms with E-state index >= 15 is 0 Å². The molecular weight excluding hydrogens is 319 g/mol. The van der Waals surface area contributed by atoms with Gasteiger partial charge in [0, 0.05) is 32.4 Å². The average Bonchev–Trinajstić information content (AvgIpc) is 2.83. The highest BCUT2D eigenvalue weighted by molar-refractivity contribution is 5.81. The van der Waals surface area contributed by atoms with Crippen LogP contribution in [0.25, 0.3) is 0 Å². The first-order valence-electron chi connectivity index (χ1n) is 8.61. The molecule has 1 atom stereocenters. The van der Waals surface area contributed by atoms with Crippen molar-refractivity contribution in [1.82, 2.24) is 19.6 Å². The van der Waals surface area contributed by atoms with Crippen molar-refractivity contribution in [3.63, 3.8) is 0 Å². The van der Waals surface area contributed by atoms with Crippen molar-refractivity contribution in [1.29, 1.82) is 0 Å². The molecule has 2 aromatic rings. The molecular formula is C19H25FN4O. The van der Waals surface area contributed by atoms with Crippen LogP contribution in [0.3, 0.4) is 0 Å². The molecule has 3 rings (SSSR count). The predicted molar refractivity (Wildman–Crippen MR) is 94.6 cm³/mol. The first-order valence-corrected chi connectivity index (χ1v) is 8.61. The van der Waals surface area contributed by atoms with Gasteiger partial charge in [0.05, 0.1) is 17.8 Å². The van der Waals surface area contributed by atoms with E-state index in [4.69, 9.17) is 0 Å². The molecule has 1 aliphatic rings. The highest BCUT2D eigenvalue weighted by atomic mass is 19.1. The Morgan fingerprint density at radius 2 is 2.08 bits per heavy atom. The van der Waals surface area contributed by atoms with Crippen LogP contribution in [0.5, 0.6) is 0 Å². The van der Waals surface area contributed by atoms with Gasteiger partial charge in [-0.3, -0.25) is 14.4 Å². The fourth-order valence-electron chi connectivity index (χ4n) is 3.44. The Morgan fingerprint density at radius 3 is 2.68 bits per heavy atom. The van der Waals surface area contributed by atoms with Crippen molar-refractivity contribution in [2.24, 2.45) is 0 Å². The van der Waals surface area contributed by atoms with Crippen LogP contribution in [0.15, 0.2) is 30.3 Å². The number of nitrogens with zero attached hydrogens (tertiary/aromatic N) is 4. The molecule has 1 aromatic carbocycles.